The molecule has 0 bridgehead atoms. The SMILES string of the molecule is C/C(=C/C1(C)CO1)OC(N)=O. The molecule has 1 saturated heterocycles. The lowest BCUT2D eigenvalue weighted by Crippen LogP contribution is -2.13. The Morgan fingerprint density at radius 1 is 1.82 bits per heavy atom. The van der Waals surface area contributed by atoms with Crippen LogP contribution in [0.3, 0.4) is 0 Å². The van der Waals surface area contributed by atoms with Gasteiger partial charge in [-0.05, 0) is 19.9 Å². The molecule has 1 unspecified atom stereocenters. The van der Waals surface area contributed by atoms with Crippen LogP contribution >= 0.6 is 0 Å². The van der Waals surface area contributed by atoms with Crippen molar-refractivity contribution in [1.29, 1.82) is 0 Å². The minimum atomic E-state index is -0.789. The minimum absolute atomic E-state index is 0.237. The first-order chi connectivity index (χ1) is 5.02. The van der Waals surface area contributed by atoms with E-state index >= 15 is 0 Å². The number of ether oxygens (including phenoxy) is 2. The van der Waals surface area contributed by atoms with E-state index in [4.69, 9.17) is 10.5 Å². The van der Waals surface area contributed by atoms with Crippen LogP contribution in [0.25, 0.3) is 0 Å². The summed E-state index contributed by atoms with van der Waals surface area (Å²) in [5, 5.41) is 0. The summed E-state index contributed by atoms with van der Waals surface area (Å²) in [6.07, 6.45) is 0.945. The van der Waals surface area contributed by atoms with E-state index in [9.17, 15) is 4.79 Å². The van der Waals surface area contributed by atoms with Crippen molar-refractivity contribution >= 4 is 6.09 Å². The molecule has 1 fully saturated rings. The van der Waals surface area contributed by atoms with Crippen molar-refractivity contribution in [1.82, 2.24) is 0 Å². The molecule has 0 aromatic heterocycles. The van der Waals surface area contributed by atoms with Crippen LogP contribution in [0.15, 0.2) is 11.8 Å². The topological polar surface area (TPSA) is 64.8 Å². The van der Waals surface area contributed by atoms with E-state index in [-0.39, 0.29) is 5.60 Å². The highest BCUT2D eigenvalue weighted by molar-refractivity contribution is 5.65. The highest BCUT2D eigenvalue weighted by atomic mass is 16.6. The standard InChI is InChI=1S/C7H11NO3/c1-5(11-6(8)9)3-7(2)4-10-7/h3H,4H2,1-2H3,(H2,8,9)/b5-3-. The van der Waals surface area contributed by atoms with Gasteiger partial charge >= 0.3 is 6.09 Å². The second-order valence-corrected chi connectivity index (χ2v) is 2.78. The van der Waals surface area contributed by atoms with Crippen LogP contribution in [0.4, 0.5) is 4.79 Å². The van der Waals surface area contributed by atoms with Crippen LogP contribution in [-0.2, 0) is 9.47 Å². The average molecular weight is 157 g/mol. The highest BCUT2D eigenvalue weighted by Crippen LogP contribution is 2.28. The van der Waals surface area contributed by atoms with Crippen LogP contribution in [0.2, 0.25) is 0 Å². The van der Waals surface area contributed by atoms with Gasteiger partial charge in [0, 0.05) is 0 Å². The Kier molecular flexibility index (Phi) is 1.87. The average Bonchev–Trinajstić information content (AvgIpc) is 2.44. The zero-order valence-electron chi connectivity index (χ0n) is 6.59. The molecule has 2 N–H and O–H groups in total. The molecule has 62 valence electrons. The Balaban J connectivity index is 2.45. The molecule has 0 spiro atoms. The van der Waals surface area contributed by atoms with Crippen molar-refractivity contribution in [3.05, 3.63) is 11.8 Å². The summed E-state index contributed by atoms with van der Waals surface area (Å²) in [5.41, 5.74) is 4.55. The zero-order valence-corrected chi connectivity index (χ0v) is 6.59. The van der Waals surface area contributed by atoms with Crippen LogP contribution < -0.4 is 5.73 Å². The van der Waals surface area contributed by atoms with Crippen LogP contribution in [0, 0.1) is 0 Å². The number of carbonyl (C=O) groups is 1. The lowest BCUT2D eigenvalue weighted by molar-refractivity contribution is 0.186. The van der Waals surface area contributed by atoms with Gasteiger partial charge in [0.1, 0.15) is 11.4 Å². The maximum absolute atomic E-state index is 10.2. The van der Waals surface area contributed by atoms with E-state index in [0.29, 0.717) is 12.4 Å². The van der Waals surface area contributed by atoms with Crippen LogP contribution in [-0.4, -0.2) is 18.3 Å². The first-order valence-corrected chi connectivity index (χ1v) is 3.32. The molecule has 1 aliphatic heterocycles. The van der Waals surface area contributed by atoms with E-state index in [0.717, 1.165) is 0 Å². The largest absolute Gasteiger partial charge is 0.416 e. The van der Waals surface area contributed by atoms with Crippen molar-refractivity contribution in [2.24, 2.45) is 5.73 Å². The summed E-state index contributed by atoms with van der Waals surface area (Å²) in [7, 11) is 0. The normalized spacial score (nSPS) is 29.8. The summed E-state index contributed by atoms with van der Waals surface area (Å²) in [6.45, 7) is 4.24. The third-order valence-electron chi connectivity index (χ3n) is 1.37. The van der Waals surface area contributed by atoms with E-state index in [2.05, 4.69) is 4.74 Å². The third kappa shape index (κ3) is 2.59. The molecular formula is C7H11NO3. The number of epoxide rings is 1. The van der Waals surface area contributed by atoms with Gasteiger partial charge in [0.15, 0.2) is 0 Å². The van der Waals surface area contributed by atoms with Gasteiger partial charge in [-0.1, -0.05) is 0 Å². The van der Waals surface area contributed by atoms with Gasteiger partial charge in [0.25, 0.3) is 0 Å². The van der Waals surface area contributed by atoms with Gasteiger partial charge in [-0.2, -0.15) is 0 Å². The molecule has 1 atom stereocenters. The molecule has 4 nitrogen and oxygen atoms in total. The summed E-state index contributed by atoms with van der Waals surface area (Å²) < 4.78 is 9.63. The number of hydrogen-bond donors (Lipinski definition) is 1. The van der Waals surface area contributed by atoms with Crippen LogP contribution in [0.1, 0.15) is 13.8 Å². The van der Waals surface area contributed by atoms with Crippen molar-refractivity contribution in [3.8, 4) is 0 Å². The van der Waals surface area contributed by atoms with Gasteiger partial charge in [0.2, 0.25) is 0 Å². The Labute approximate surface area is 65.0 Å². The van der Waals surface area contributed by atoms with Gasteiger partial charge in [0.05, 0.1) is 6.61 Å². The van der Waals surface area contributed by atoms with Crippen molar-refractivity contribution < 1.29 is 14.3 Å². The number of nitrogens with two attached hydrogens (primary N) is 1. The van der Waals surface area contributed by atoms with Gasteiger partial charge in [-0.15, -0.1) is 0 Å². The van der Waals surface area contributed by atoms with Gasteiger partial charge in [-0.25, -0.2) is 4.79 Å². The first kappa shape index (κ1) is 8.07. The van der Waals surface area contributed by atoms with E-state index in [1.165, 1.54) is 0 Å². The van der Waals surface area contributed by atoms with Crippen molar-refractivity contribution in [2.75, 3.05) is 6.61 Å². The smallest absolute Gasteiger partial charge is 0.409 e. The number of hydrogen-bond acceptors (Lipinski definition) is 3. The molecule has 4 heteroatoms. The van der Waals surface area contributed by atoms with Crippen molar-refractivity contribution in [2.45, 2.75) is 19.4 Å². The number of allylic oxidation sites excluding steroid dienone is 1. The van der Waals surface area contributed by atoms with Gasteiger partial charge in [-0.3, -0.25) is 0 Å². The summed E-state index contributed by atoms with van der Waals surface area (Å²) >= 11 is 0. The Morgan fingerprint density at radius 2 is 2.36 bits per heavy atom. The lowest BCUT2D eigenvalue weighted by atomic mass is 10.2. The summed E-state index contributed by atoms with van der Waals surface area (Å²) in [4.78, 5) is 10.2. The first-order valence-electron chi connectivity index (χ1n) is 3.32. The Morgan fingerprint density at radius 3 is 2.73 bits per heavy atom. The highest BCUT2D eigenvalue weighted by Gasteiger charge is 2.37. The second kappa shape index (κ2) is 2.54. The summed E-state index contributed by atoms with van der Waals surface area (Å²) in [5.74, 6) is 0.484. The fraction of sp³-hybridized carbons (Fsp3) is 0.571. The minimum Gasteiger partial charge on any atom is -0.416 e. The number of rotatable bonds is 2. The Bertz CT molecular complexity index is 206. The fourth-order valence-electron chi connectivity index (χ4n) is 0.815. The van der Waals surface area contributed by atoms with Gasteiger partial charge < -0.3 is 15.2 Å². The maximum Gasteiger partial charge on any atom is 0.409 e. The molecule has 0 saturated carbocycles. The molecule has 1 amide bonds. The monoisotopic (exact) mass is 157 g/mol. The summed E-state index contributed by atoms with van der Waals surface area (Å²) in [6, 6.07) is 0. The quantitative estimate of drug-likeness (QED) is 0.475. The zero-order chi connectivity index (χ0) is 8.48. The maximum atomic E-state index is 10.2. The number of amides is 1. The fourth-order valence-corrected chi connectivity index (χ4v) is 0.815. The second-order valence-electron chi connectivity index (χ2n) is 2.78. The predicted octanol–water partition coefficient (Wildman–Crippen LogP) is 0.774. The number of primary amides is 1. The molecule has 0 aromatic carbocycles. The molecule has 1 heterocycles. The molecule has 11 heavy (non-hydrogen) atoms. The molecule has 0 aliphatic carbocycles. The Hall–Kier alpha value is -1.03. The molecule has 1 rings (SSSR count). The molecular weight excluding hydrogens is 146 g/mol. The van der Waals surface area contributed by atoms with E-state index in [1.807, 2.05) is 6.92 Å². The van der Waals surface area contributed by atoms with Crippen LogP contribution in [0.5, 0.6) is 0 Å². The molecule has 0 aromatic rings. The molecule has 0 radical (unpaired) electrons. The molecule has 1 aliphatic rings. The van der Waals surface area contributed by atoms with Crippen molar-refractivity contribution in [3.63, 3.8) is 0 Å². The van der Waals surface area contributed by atoms with E-state index in [1.54, 1.807) is 13.0 Å². The number of carbonyl (C=O) groups excluding carboxylic acids is 1. The predicted molar refractivity (Wildman–Crippen MR) is 38.8 cm³/mol. The van der Waals surface area contributed by atoms with E-state index < -0.39 is 6.09 Å². The lowest BCUT2D eigenvalue weighted by Gasteiger charge is -2.01. The third-order valence-corrected chi connectivity index (χ3v) is 1.37.